The second-order valence-electron chi connectivity index (χ2n) is 5.24. The van der Waals surface area contributed by atoms with Gasteiger partial charge in [0.05, 0.1) is 0 Å². The molecule has 1 aromatic rings. The molecule has 0 bridgehead atoms. The quantitative estimate of drug-likeness (QED) is 0.729. The molecule has 17 heavy (non-hydrogen) atoms. The van der Waals surface area contributed by atoms with Crippen molar-refractivity contribution in [2.24, 2.45) is 12.5 Å². The monoisotopic (exact) mass is 237 g/mol. The maximum atomic E-state index is 9.49. The molecule has 2 rings (SSSR count). The number of nitrogens with one attached hydrogen (secondary N) is 1. The number of aliphatic hydroxyl groups is 1. The Balaban J connectivity index is 1.71. The number of aliphatic hydroxyl groups excluding tert-OH is 1. The van der Waals surface area contributed by atoms with Gasteiger partial charge in [-0.15, -0.1) is 0 Å². The normalized spacial score (nSPS) is 18.7. The molecular formula is C13H23N3O. The Hall–Kier alpha value is -0.870. The molecule has 1 fully saturated rings. The number of aryl methyl sites for hydroxylation is 1. The van der Waals surface area contributed by atoms with Crippen molar-refractivity contribution in [2.75, 3.05) is 19.7 Å². The van der Waals surface area contributed by atoms with Gasteiger partial charge in [0.2, 0.25) is 0 Å². The Bertz CT molecular complexity index is 342. The zero-order valence-electron chi connectivity index (χ0n) is 10.7. The summed E-state index contributed by atoms with van der Waals surface area (Å²) in [7, 11) is 1.97. The van der Waals surface area contributed by atoms with Crippen LogP contribution in [0.15, 0.2) is 12.3 Å². The molecule has 96 valence electrons. The second-order valence-corrected chi connectivity index (χ2v) is 5.24. The van der Waals surface area contributed by atoms with Gasteiger partial charge in [-0.25, -0.2) is 0 Å². The minimum atomic E-state index is 0.159. The van der Waals surface area contributed by atoms with Gasteiger partial charge in [-0.3, -0.25) is 4.68 Å². The predicted molar refractivity (Wildman–Crippen MR) is 67.8 cm³/mol. The molecule has 1 aliphatic rings. The zero-order valence-corrected chi connectivity index (χ0v) is 10.7. The van der Waals surface area contributed by atoms with E-state index in [4.69, 9.17) is 0 Å². The van der Waals surface area contributed by atoms with E-state index < -0.39 is 0 Å². The van der Waals surface area contributed by atoms with E-state index in [0.29, 0.717) is 6.61 Å². The largest absolute Gasteiger partial charge is 0.396 e. The molecule has 0 spiro atoms. The van der Waals surface area contributed by atoms with E-state index in [1.54, 1.807) is 0 Å². The van der Waals surface area contributed by atoms with Crippen LogP contribution in [0, 0.1) is 5.41 Å². The molecule has 4 nitrogen and oxygen atoms in total. The fourth-order valence-electron chi connectivity index (χ4n) is 2.73. The Morgan fingerprint density at radius 1 is 1.47 bits per heavy atom. The number of rotatable bonds is 6. The molecule has 0 radical (unpaired) electrons. The van der Waals surface area contributed by atoms with E-state index in [1.807, 2.05) is 17.9 Å². The Kier molecular flexibility index (Phi) is 4.18. The summed E-state index contributed by atoms with van der Waals surface area (Å²) < 4.78 is 1.92. The van der Waals surface area contributed by atoms with Crippen molar-refractivity contribution in [1.82, 2.24) is 15.1 Å². The maximum absolute atomic E-state index is 9.49. The summed E-state index contributed by atoms with van der Waals surface area (Å²) >= 11 is 0. The lowest BCUT2D eigenvalue weighted by atomic mass is 9.87. The van der Waals surface area contributed by atoms with Gasteiger partial charge >= 0.3 is 0 Å². The summed E-state index contributed by atoms with van der Waals surface area (Å²) in [5.41, 5.74) is 1.41. The summed E-state index contributed by atoms with van der Waals surface area (Å²) in [4.78, 5) is 0. The third-order valence-corrected chi connectivity index (χ3v) is 3.98. The lowest BCUT2D eigenvalue weighted by Gasteiger charge is -2.26. The Morgan fingerprint density at radius 3 is 2.82 bits per heavy atom. The van der Waals surface area contributed by atoms with Gasteiger partial charge in [0.25, 0.3) is 0 Å². The molecule has 4 heteroatoms. The highest BCUT2D eigenvalue weighted by atomic mass is 16.3. The first-order chi connectivity index (χ1) is 8.26. The van der Waals surface area contributed by atoms with E-state index in [2.05, 4.69) is 16.5 Å². The van der Waals surface area contributed by atoms with Crippen molar-refractivity contribution in [3.8, 4) is 0 Å². The lowest BCUT2D eigenvalue weighted by Crippen LogP contribution is -2.36. The average molecular weight is 237 g/mol. The fraction of sp³-hybridized carbons (Fsp3) is 0.769. The van der Waals surface area contributed by atoms with E-state index in [-0.39, 0.29) is 5.41 Å². The summed E-state index contributed by atoms with van der Waals surface area (Å²) in [6.45, 7) is 2.23. The first-order valence-electron chi connectivity index (χ1n) is 6.54. The van der Waals surface area contributed by atoms with Crippen molar-refractivity contribution in [1.29, 1.82) is 0 Å². The van der Waals surface area contributed by atoms with Gasteiger partial charge < -0.3 is 10.4 Å². The standard InChI is InChI=1S/C13H23N3O/c1-16-12(5-9-15-16)4-8-14-10-13(11-17)6-2-3-7-13/h5,9,14,17H,2-4,6-8,10-11H2,1H3. The van der Waals surface area contributed by atoms with E-state index >= 15 is 0 Å². The van der Waals surface area contributed by atoms with Crippen LogP contribution in [-0.4, -0.2) is 34.6 Å². The molecular weight excluding hydrogens is 214 g/mol. The Labute approximate surface area is 103 Å². The predicted octanol–water partition coefficient (Wildman–Crippen LogP) is 1.10. The number of hydrogen-bond donors (Lipinski definition) is 2. The topological polar surface area (TPSA) is 50.1 Å². The number of nitrogens with zero attached hydrogens (tertiary/aromatic N) is 2. The second kappa shape index (κ2) is 5.65. The van der Waals surface area contributed by atoms with Crippen LogP contribution in [0.1, 0.15) is 31.4 Å². The zero-order chi connectivity index (χ0) is 12.1. The van der Waals surface area contributed by atoms with Gasteiger partial charge in [-0.2, -0.15) is 5.10 Å². The van der Waals surface area contributed by atoms with Gasteiger partial charge in [0.1, 0.15) is 0 Å². The van der Waals surface area contributed by atoms with E-state index in [1.165, 1.54) is 31.4 Å². The van der Waals surface area contributed by atoms with Gasteiger partial charge in [-0.05, 0) is 18.9 Å². The van der Waals surface area contributed by atoms with Crippen molar-refractivity contribution < 1.29 is 5.11 Å². The molecule has 0 amide bonds. The lowest BCUT2D eigenvalue weighted by molar-refractivity contribution is 0.128. The SMILES string of the molecule is Cn1nccc1CCNCC1(CO)CCCC1. The maximum Gasteiger partial charge on any atom is 0.0499 e. The minimum absolute atomic E-state index is 0.159. The van der Waals surface area contributed by atoms with Crippen molar-refractivity contribution in [3.05, 3.63) is 18.0 Å². The highest BCUT2D eigenvalue weighted by Crippen LogP contribution is 2.36. The van der Waals surface area contributed by atoms with Crippen LogP contribution in [0.5, 0.6) is 0 Å². The van der Waals surface area contributed by atoms with Crippen LogP contribution >= 0.6 is 0 Å². The summed E-state index contributed by atoms with van der Waals surface area (Å²) in [6.07, 6.45) is 7.71. The smallest absolute Gasteiger partial charge is 0.0499 e. The summed E-state index contributed by atoms with van der Waals surface area (Å²) in [5.74, 6) is 0. The van der Waals surface area contributed by atoms with Crippen LogP contribution in [0.4, 0.5) is 0 Å². The highest BCUT2D eigenvalue weighted by Gasteiger charge is 2.32. The third kappa shape index (κ3) is 3.07. The molecule has 1 aromatic heterocycles. The van der Waals surface area contributed by atoms with Crippen molar-refractivity contribution >= 4 is 0 Å². The highest BCUT2D eigenvalue weighted by molar-refractivity contribution is 5.00. The third-order valence-electron chi connectivity index (χ3n) is 3.98. The van der Waals surface area contributed by atoms with Crippen molar-refractivity contribution in [2.45, 2.75) is 32.1 Å². The number of aromatic nitrogens is 2. The van der Waals surface area contributed by atoms with Crippen LogP contribution in [0.3, 0.4) is 0 Å². The fourth-order valence-corrected chi connectivity index (χ4v) is 2.73. The molecule has 1 heterocycles. The summed E-state index contributed by atoms with van der Waals surface area (Å²) in [5, 5.41) is 17.1. The van der Waals surface area contributed by atoms with E-state index in [0.717, 1.165) is 19.5 Å². The van der Waals surface area contributed by atoms with Crippen LogP contribution in [0.25, 0.3) is 0 Å². The molecule has 0 aliphatic heterocycles. The number of hydrogen-bond acceptors (Lipinski definition) is 3. The summed E-state index contributed by atoms with van der Waals surface area (Å²) in [6, 6.07) is 2.05. The molecule has 0 atom stereocenters. The first kappa shape index (κ1) is 12.6. The molecule has 1 saturated carbocycles. The van der Waals surface area contributed by atoms with Crippen LogP contribution in [-0.2, 0) is 13.5 Å². The van der Waals surface area contributed by atoms with Crippen LogP contribution in [0.2, 0.25) is 0 Å². The van der Waals surface area contributed by atoms with E-state index in [9.17, 15) is 5.11 Å². The molecule has 2 N–H and O–H groups in total. The molecule has 1 aliphatic carbocycles. The Morgan fingerprint density at radius 2 is 2.24 bits per heavy atom. The first-order valence-corrected chi connectivity index (χ1v) is 6.54. The average Bonchev–Trinajstić information content (AvgIpc) is 2.95. The molecule has 0 aromatic carbocycles. The van der Waals surface area contributed by atoms with Gasteiger partial charge in [0.15, 0.2) is 0 Å². The van der Waals surface area contributed by atoms with Gasteiger partial charge in [-0.1, -0.05) is 12.8 Å². The molecule has 0 unspecified atom stereocenters. The van der Waals surface area contributed by atoms with Gasteiger partial charge in [0, 0.05) is 50.5 Å². The minimum Gasteiger partial charge on any atom is -0.396 e. The van der Waals surface area contributed by atoms with Crippen LogP contribution < -0.4 is 5.32 Å². The van der Waals surface area contributed by atoms with Crippen molar-refractivity contribution in [3.63, 3.8) is 0 Å². The molecule has 0 saturated heterocycles.